The molecule has 0 aliphatic carbocycles. The summed E-state index contributed by atoms with van der Waals surface area (Å²) in [6, 6.07) is -0.494. The van der Waals surface area contributed by atoms with Crippen molar-refractivity contribution in [2.75, 3.05) is 6.54 Å². The molecule has 0 spiro atoms. The lowest BCUT2D eigenvalue weighted by atomic mass is 10.3. The molecule has 0 saturated carbocycles. The molecule has 0 aliphatic heterocycles. The van der Waals surface area contributed by atoms with Gasteiger partial charge in [0.25, 0.3) is 0 Å². The van der Waals surface area contributed by atoms with Gasteiger partial charge in [-0.05, 0) is 20.8 Å². The summed E-state index contributed by atoms with van der Waals surface area (Å²) in [6.45, 7) is 5.25. The smallest absolute Gasteiger partial charge is 0.239 e. The van der Waals surface area contributed by atoms with Crippen LogP contribution in [0.15, 0.2) is 0 Å². The molecule has 0 unspecified atom stereocenters. The summed E-state index contributed by atoms with van der Waals surface area (Å²) >= 11 is 0. The minimum Gasteiger partial charge on any atom is -0.352 e. The third-order valence-electron chi connectivity index (χ3n) is 1.29. The molecular formula is C8H17N3O2. The summed E-state index contributed by atoms with van der Waals surface area (Å²) in [6.07, 6.45) is 0. The Morgan fingerprint density at radius 3 is 2.23 bits per heavy atom. The number of amides is 2. The molecule has 0 heterocycles. The molecule has 0 radical (unpaired) electrons. The van der Waals surface area contributed by atoms with Crippen LogP contribution in [0.2, 0.25) is 0 Å². The van der Waals surface area contributed by atoms with Crippen LogP contribution >= 0.6 is 0 Å². The number of rotatable bonds is 4. The number of nitrogens with two attached hydrogens (primary N) is 1. The highest BCUT2D eigenvalue weighted by atomic mass is 16.2. The second-order valence-electron chi connectivity index (χ2n) is 3.23. The van der Waals surface area contributed by atoms with E-state index in [4.69, 9.17) is 5.73 Å². The fourth-order valence-electron chi connectivity index (χ4n) is 0.701. The van der Waals surface area contributed by atoms with Crippen molar-refractivity contribution in [2.24, 2.45) is 5.73 Å². The number of carbonyl (C=O) groups is 2. The van der Waals surface area contributed by atoms with Crippen LogP contribution in [0, 0.1) is 0 Å². The van der Waals surface area contributed by atoms with E-state index in [9.17, 15) is 9.59 Å². The molecule has 0 bridgehead atoms. The van der Waals surface area contributed by atoms with Crippen molar-refractivity contribution < 1.29 is 9.59 Å². The zero-order valence-corrected chi connectivity index (χ0v) is 8.26. The predicted octanol–water partition coefficient (Wildman–Crippen LogP) is -1.03. The van der Waals surface area contributed by atoms with Crippen LogP contribution in [0.5, 0.6) is 0 Å². The highest BCUT2D eigenvalue weighted by Crippen LogP contribution is 1.77. The van der Waals surface area contributed by atoms with Crippen LogP contribution in [0.4, 0.5) is 0 Å². The van der Waals surface area contributed by atoms with Crippen LogP contribution in [0.25, 0.3) is 0 Å². The molecule has 0 aromatic heterocycles. The summed E-state index contributed by atoms with van der Waals surface area (Å²) in [5.41, 5.74) is 5.28. The third kappa shape index (κ3) is 6.10. The Morgan fingerprint density at radius 2 is 1.85 bits per heavy atom. The van der Waals surface area contributed by atoms with Crippen LogP contribution in [0.3, 0.4) is 0 Å². The molecule has 4 N–H and O–H groups in total. The lowest BCUT2D eigenvalue weighted by Gasteiger charge is -2.10. The fraction of sp³-hybridized carbons (Fsp3) is 0.750. The van der Waals surface area contributed by atoms with E-state index < -0.39 is 6.04 Å². The van der Waals surface area contributed by atoms with Crippen molar-refractivity contribution in [2.45, 2.75) is 32.9 Å². The van der Waals surface area contributed by atoms with Crippen molar-refractivity contribution in [3.8, 4) is 0 Å². The molecule has 0 aliphatic rings. The zero-order chi connectivity index (χ0) is 10.4. The first-order valence-corrected chi connectivity index (χ1v) is 4.26. The molecular weight excluding hydrogens is 170 g/mol. The Kier molecular flexibility index (Phi) is 5.06. The standard InChI is InChI=1S/C8H17N3O2/c1-5(2)11-7(12)4-10-8(13)6(3)9/h5-6H,4,9H2,1-3H3,(H,10,13)(H,11,12)/t6-/m0/s1. The van der Waals surface area contributed by atoms with Gasteiger partial charge in [0.1, 0.15) is 0 Å². The summed E-state index contributed by atoms with van der Waals surface area (Å²) < 4.78 is 0. The molecule has 2 amide bonds. The molecule has 13 heavy (non-hydrogen) atoms. The quantitative estimate of drug-likeness (QED) is 0.526. The summed E-state index contributed by atoms with van der Waals surface area (Å²) in [5.74, 6) is -0.525. The number of nitrogens with one attached hydrogen (secondary N) is 2. The van der Waals surface area contributed by atoms with E-state index in [1.165, 1.54) is 0 Å². The van der Waals surface area contributed by atoms with Gasteiger partial charge in [0.15, 0.2) is 0 Å². The molecule has 0 aromatic carbocycles. The van der Waals surface area contributed by atoms with Crippen molar-refractivity contribution in [3.05, 3.63) is 0 Å². The molecule has 0 rings (SSSR count). The minimum absolute atomic E-state index is 0.0153. The van der Waals surface area contributed by atoms with Gasteiger partial charge < -0.3 is 16.4 Å². The molecule has 76 valence electrons. The van der Waals surface area contributed by atoms with Crippen molar-refractivity contribution >= 4 is 11.8 Å². The molecule has 0 aromatic rings. The molecule has 0 saturated heterocycles. The number of hydrogen-bond acceptors (Lipinski definition) is 3. The largest absolute Gasteiger partial charge is 0.352 e. The van der Waals surface area contributed by atoms with Crippen LogP contribution in [-0.2, 0) is 9.59 Å². The van der Waals surface area contributed by atoms with E-state index in [0.29, 0.717) is 0 Å². The van der Waals surface area contributed by atoms with Crippen molar-refractivity contribution in [1.82, 2.24) is 10.6 Å². The maximum absolute atomic E-state index is 11.0. The fourth-order valence-corrected chi connectivity index (χ4v) is 0.701. The topological polar surface area (TPSA) is 84.2 Å². The second kappa shape index (κ2) is 5.53. The summed E-state index contributed by atoms with van der Waals surface area (Å²) in [4.78, 5) is 21.9. The summed E-state index contributed by atoms with van der Waals surface area (Å²) in [5, 5.41) is 5.05. The van der Waals surface area contributed by atoms with Crippen molar-refractivity contribution in [3.63, 3.8) is 0 Å². The Labute approximate surface area is 78.1 Å². The molecule has 5 heteroatoms. The highest BCUT2D eigenvalue weighted by Gasteiger charge is 2.09. The summed E-state index contributed by atoms with van der Waals surface area (Å²) in [7, 11) is 0. The van der Waals surface area contributed by atoms with Crippen molar-refractivity contribution in [1.29, 1.82) is 0 Å². The Bertz CT molecular complexity index is 190. The van der Waals surface area contributed by atoms with Gasteiger partial charge in [-0.1, -0.05) is 0 Å². The average molecular weight is 187 g/mol. The van der Waals surface area contributed by atoms with Crippen LogP contribution in [-0.4, -0.2) is 30.4 Å². The van der Waals surface area contributed by atoms with Crippen LogP contribution in [0.1, 0.15) is 20.8 Å². The number of carbonyl (C=O) groups excluding carboxylic acids is 2. The van der Waals surface area contributed by atoms with Gasteiger partial charge in [-0.15, -0.1) is 0 Å². The van der Waals surface area contributed by atoms with Gasteiger partial charge in [0.05, 0.1) is 12.6 Å². The predicted molar refractivity (Wildman–Crippen MR) is 49.9 cm³/mol. The minimum atomic E-state index is -0.577. The molecule has 1 atom stereocenters. The first kappa shape index (κ1) is 11.9. The van der Waals surface area contributed by atoms with E-state index in [0.717, 1.165) is 0 Å². The first-order valence-electron chi connectivity index (χ1n) is 4.26. The van der Waals surface area contributed by atoms with E-state index in [-0.39, 0.29) is 24.4 Å². The maximum Gasteiger partial charge on any atom is 0.239 e. The lowest BCUT2D eigenvalue weighted by Crippen LogP contribution is -2.44. The van der Waals surface area contributed by atoms with Crippen LogP contribution < -0.4 is 16.4 Å². The first-order chi connectivity index (χ1) is 5.93. The average Bonchev–Trinajstić information content (AvgIpc) is 1.98. The van der Waals surface area contributed by atoms with E-state index in [1.54, 1.807) is 6.92 Å². The van der Waals surface area contributed by atoms with Gasteiger partial charge in [0, 0.05) is 6.04 Å². The highest BCUT2D eigenvalue weighted by molar-refractivity contribution is 5.87. The normalized spacial score (nSPS) is 12.4. The van der Waals surface area contributed by atoms with Gasteiger partial charge in [-0.2, -0.15) is 0 Å². The number of hydrogen-bond donors (Lipinski definition) is 3. The SMILES string of the molecule is CC(C)NC(=O)CNC(=O)[C@H](C)N. The monoisotopic (exact) mass is 187 g/mol. The third-order valence-corrected chi connectivity index (χ3v) is 1.29. The lowest BCUT2D eigenvalue weighted by molar-refractivity contribution is -0.126. The Morgan fingerprint density at radius 1 is 1.31 bits per heavy atom. The Hall–Kier alpha value is -1.10. The van der Waals surface area contributed by atoms with Gasteiger partial charge in [-0.3, -0.25) is 9.59 Å². The van der Waals surface area contributed by atoms with E-state index in [2.05, 4.69) is 10.6 Å². The molecule has 0 fully saturated rings. The molecule has 5 nitrogen and oxygen atoms in total. The second-order valence-corrected chi connectivity index (χ2v) is 3.23. The zero-order valence-electron chi connectivity index (χ0n) is 8.26. The van der Waals surface area contributed by atoms with Gasteiger partial charge in [-0.25, -0.2) is 0 Å². The Balaban J connectivity index is 3.64. The van der Waals surface area contributed by atoms with Gasteiger partial charge >= 0.3 is 0 Å². The van der Waals surface area contributed by atoms with E-state index >= 15 is 0 Å². The van der Waals surface area contributed by atoms with E-state index in [1.807, 2.05) is 13.8 Å². The maximum atomic E-state index is 11.0. The van der Waals surface area contributed by atoms with Gasteiger partial charge in [0.2, 0.25) is 11.8 Å².